The summed E-state index contributed by atoms with van der Waals surface area (Å²) < 4.78 is 80.7. The van der Waals surface area contributed by atoms with E-state index in [2.05, 4.69) is 26.5 Å². The Labute approximate surface area is 463 Å². The number of fused-ring (bicyclic) bond motifs is 7. The number of carbonyl (C=O) groups is 3. The SMILES string of the molecule is C=C1CO[C@@]2(O[C@H]3C[C@H]4[C@@H]5CC=C6C[C@@H](O)C[C@@H](O[C@@H]7OC[C@H](O)[C@H](O[C@@H]8OC[C@@H](O)[C@H](O)[C@H]8O)[C@H]7O[C@@H]7O[C@@H](C)[C@H](OC(C)=O)[C@@H](OC(C)=O)[C@H]7OC(C)=O)[C@]6(C)[C@H]5CC[C@]4(C)[C@H]3[C@@H]2C)[C@@H](O)[C@H]1O[C@@H]1O[C@@H](C)[C@H](O)[C@@H](O)[C@H]1O. The van der Waals surface area contributed by atoms with Crippen LogP contribution < -0.4 is 0 Å². The molecule has 25 nitrogen and oxygen atoms in total. The van der Waals surface area contributed by atoms with Gasteiger partial charge in [-0.1, -0.05) is 39.0 Å². The summed E-state index contributed by atoms with van der Waals surface area (Å²) in [5, 5.41) is 99.4. The number of ether oxygens (including phenoxy) is 13. The van der Waals surface area contributed by atoms with E-state index in [1.54, 1.807) is 6.92 Å². The first-order valence-corrected chi connectivity index (χ1v) is 28.2. The monoisotopic (exact) mass is 1140 g/mol. The molecule has 9 N–H and O–H groups in total. The molecule has 3 saturated carbocycles. The number of hydrogen-bond donors (Lipinski definition) is 9. The lowest BCUT2D eigenvalue weighted by Crippen LogP contribution is -2.66. The van der Waals surface area contributed by atoms with Gasteiger partial charge < -0.3 is 108 Å². The van der Waals surface area contributed by atoms with E-state index in [-0.39, 0.29) is 54.1 Å². The lowest BCUT2D eigenvalue weighted by atomic mass is 9.46. The summed E-state index contributed by atoms with van der Waals surface area (Å²) in [5.74, 6) is -4.21. The van der Waals surface area contributed by atoms with Crippen molar-refractivity contribution in [3.8, 4) is 0 Å². The van der Waals surface area contributed by atoms with Gasteiger partial charge in [0.15, 0.2) is 43.5 Å². The summed E-state index contributed by atoms with van der Waals surface area (Å²) >= 11 is 0. The van der Waals surface area contributed by atoms with Gasteiger partial charge >= 0.3 is 17.9 Å². The highest BCUT2D eigenvalue weighted by Crippen LogP contribution is 2.71. The average Bonchev–Trinajstić information content (AvgIpc) is 4.09. The maximum atomic E-state index is 12.8. The third kappa shape index (κ3) is 10.4. The van der Waals surface area contributed by atoms with Gasteiger partial charge in [0.1, 0.15) is 67.1 Å². The van der Waals surface area contributed by atoms with Gasteiger partial charge in [-0.15, -0.1) is 0 Å². The fraction of sp³-hybridized carbons (Fsp3) is 0.873. The molecule has 0 amide bonds. The molecule has 0 radical (unpaired) electrons. The molecule has 1 spiro atoms. The molecule has 6 aliphatic heterocycles. The number of aliphatic hydroxyl groups is 9. The molecule has 0 bridgehead atoms. The van der Waals surface area contributed by atoms with Crippen LogP contribution in [0.15, 0.2) is 23.8 Å². The zero-order valence-electron chi connectivity index (χ0n) is 46.4. The Kier molecular flexibility index (Phi) is 17.2. The minimum atomic E-state index is -1.81. The standard InChI is InChI=1S/C55H82O25/c1-20-17-70-55(48(67)42(20)77-50-41(66)39(64)37(62)22(3)71-50)21(2)36-34(80-55)16-31-29-11-10-27-14-28(59)15-35(54(27,9)30(29)12-13-53(31,36)8)76-51-46(44(33(61)19-69-51)78-49-40(65)38(63)32(60)18-68-49)79-52-47(75-26(7)58)45(74-25(6)57)43(23(4)72-52)73-24(5)56/h10,21-23,28-52,59-67H,1,11-19H2,2-9H3/t21-,22-,23-,28+,29+,30-,31-,32+,33-,34-,35+,36-,37-,38-,39+,40+,41+,42-,43-,44-,45+,46+,47+,48-,49-,50-,51-,52-,53-,54-,55-/m0/s1. The molecule has 4 aliphatic carbocycles. The van der Waals surface area contributed by atoms with Crippen molar-refractivity contribution >= 4 is 17.9 Å². The molecule has 80 heavy (non-hydrogen) atoms. The minimum Gasteiger partial charge on any atom is -0.456 e. The minimum absolute atomic E-state index is 0.0179. The highest BCUT2D eigenvalue weighted by Gasteiger charge is 2.72. The van der Waals surface area contributed by atoms with Gasteiger partial charge in [0.2, 0.25) is 5.79 Å². The summed E-state index contributed by atoms with van der Waals surface area (Å²) in [5.41, 5.74) is 0.319. The predicted octanol–water partition coefficient (Wildman–Crippen LogP) is -1.11. The van der Waals surface area contributed by atoms with E-state index in [1.807, 2.05) is 6.92 Å². The fourth-order valence-corrected chi connectivity index (χ4v) is 15.9. The van der Waals surface area contributed by atoms with Crippen LogP contribution in [0, 0.1) is 40.4 Å². The zero-order chi connectivity index (χ0) is 57.8. The van der Waals surface area contributed by atoms with Gasteiger partial charge in [0, 0.05) is 38.5 Å². The van der Waals surface area contributed by atoms with Crippen LogP contribution in [-0.2, 0) is 76.0 Å². The molecule has 9 fully saturated rings. The molecule has 0 aromatic rings. The van der Waals surface area contributed by atoms with Crippen molar-refractivity contribution in [1.29, 1.82) is 0 Å². The van der Waals surface area contributed by atoms with Crippen LogP contribution in [-0.4, -0.2) is 231 Å². The van der Waals surface area contributed by atoms with E-state index in [0.29, 0.717) is 24.8 Å². The quantitative estimate of drug-likeness (QED) is 0.0673. The van der Waals surface area contributed by atoms with E-state index in [1.165, 1.54) is 6.92 Å². The predicted molar refractivity (Wildman–Crippen MR) is 266 cm³/mol. The Bertz CT molecular complexity index is 2320. The van der Waals surface area contributed by atoms with Crippen LogP contribution in [0.5, 0.6) is 0 Å². The molecule has 10 aliphatic rings. The van der Waals surface area contributed by atoms with Gasteiger partial charge in [0.05, 0.1) is 50.3 Å². The lowest BCUT2D eigenvalue weighted by molar-refractivity contribution is -0.382. The number of aliphatic hydroxyl groups excluding tert-OH is 9. The zero-order valence-corrected chi connectivity index (χ0v) is 46.4. The number of esters is 3. The number of rotatable bonds is 11. The summed E-state index contributed by atoms with van der Waals surface area (Å²) in [6, 6.07) is 0. The molecule has 25 heteroatoms. The summed E-state index contributed by atoms with van der Waals surface area (Å²) in [6.07, 6.45) is -25.6. The highest BCUT2D eigenvalue weighted by atomic mass is 16.8. The Morgan fingerprint density at radius 2 is 1.27 bits per heavy atom. The van der Waals surface area contributed by atoms with Gasteiger partial charge in [0.25, 0.3) is 0 Å². The Hall–Kier alpha value is -2.87. The molecular formula is C55H82O25. The second kappa shape index (κ2) is 22.9. The smallest absolute Gasteiger partial charge is 0.303 e. The number of hydrogen-bond acceptors (Lipinski definition) is 25. The number of carbonyl (C=O) groups excluding carboxylic acids is 3. The van der Waals surface area contributed by atoms with Crippen molar-refractivity contribution in [3.05, 3.63) is 23.8 Å². The van der Waals surface area contributed by atoms with Gasteiger partial charge in [-0.2, -0.15) is 0 Å². The molecule has 0 aromatic heterocycles. The van der Waals surface area contributed by atoms with Gasteiger partial charge in [-0.3, -0.25) is 14.4 Å². The van der Waals surface area contributed by atoms with Gasteiger partial charge in [-0.25, -0.2) is 0 Å². The maximum Gasteiger partial charge on any atom is 0.303 e. The third-order valence-corrected chi connectivity index (χ3v) is 19.8. The van der Waals surface area contributed by atoms with Crippen LogP contribution in [0.3, 0.4) is 0 Å². The molecule has 31 atom stereocenters. The topological polar surface area (TPSA) is 353 Å². The summed E-state index contributed by atoms with van der Waals surface area (Å²) in [7, 11) is 0. The first-order chi connectivity index (χ1) is 37.7. The van der Waals surface area contributed by atoms with Crippen LogP contribution in [0.2, 0.25) is 0 Å². The molecule has 6 saturated heterocycles. The third-order valence-electron chi connectivity index (χ3n) is 19.8. The van der Waals surface area contributed by atoms with Crippen LogP contribution in [0.4, 0.5) is 0 Å². The first kappa shape index (κ1) is 60.3. The highest BCUT2D eigenvalue weighted by molar-refractivity contribution is 5.68. The fourth-order valence-electron chi connectivity index (χ4n) is 15.9. The van der Waals surface area contributed by atoms with Crippen LogP contribution >= 0.6 is 0 Å². The molecular weight excluding hydrogens is 1060 g/mol. The average molecular weight is 1140 g/mol. The van der Waals surface area contributed by atoms with Crippen molar-refractivity contribution in [2.24, 2.45) is 40.4 Å². The van der Waals surface area contributed by atoms with E-state index in [9.17, 15) is 60.3 Å². The molecule has 6 heterocycles. The van der Waals surface area contributed by atoms with E-state index in [4.69, 9.17) is 61.6 Å². The molecule has 452 valence electrons. The second-order valence-corrected chi connectivity index (χ2v) is 24.6. The summed E-state index contributed by atoms with van der Waals surface area (Å²) in [4.78, 5) is 37.8. The Morgan fingerprint density at radius 3 is 1.98 bits per heavy atom. The van der Waals surface area contributed by atoms with E-state index < -0.39 is 177 Å². The van der Waals surface area contributed by atoms with Crippen molar-refractivity contribution in [2.75, 3.05) is 19.8 Å². The second-order valence-electron chi connectivity index (χ2n) is 24.6. The van der Waals surface area contributed by atoms with E-state index >= 15 is 0 Å². The first-order valence-electron chi connectivity index (χ1n) is 28.2. The Balaban J connectivity index is 0.926. The van der Waals surface area contributed by atoms with Crippen molar-refractivity contribution in [1.82, 2.24) is 0 Å². The molecule has 0 aromatic carbocycles. The normalized spacial score (nSPS) is 52.9. The van der Waals surface area contributed by atoms with Crippen molar-refractivity contribution in [2.45, 2.75) is 241 Å². The van der Waals surface area contributed by atoms with Crippen LogP contribution in [0.25, 0.3) is 0 Å². The molecule has 0 unspecified atom stereocenters. The van der Waals surface area contributed by atoms with Crippen LogP contribution in [0.1, 0.15) is 93.9 Å². The van der Waals surface area contributed by atoms with Crippen molar-refractivity contribution < 1.29 is 122 Å². The van der Waals surface area contributed by atoms with Crippen molar-refractivity contribution in [3.63, 3.8) is 0 Å². The number of allylic oxidation sites excluding steroid dienone is 1. The maximum absolute atomic E-state index is 12.8. The lowest BCUT2D eigenvalue weighted by Gasteiger charge is -2.60. The largest absolute Gasteiger partial charge is 0.456 e. The Morgan fingerprint density at radius 1 is 0.650 bits per heavy atom. The van der Waals surface area contributed by atoms with Gasteiger partial charge in [-0.05, 0) is 80.6 Å². The molecule has 10 rings (SSSR count). The summed E-state index contributed by atoms with van der Waals surface area (Å²) in [6.45, 7) is 16.1. The van der Waals surface area contributed by atoms with E-state index in [0.717, 1.165) is 39.2 Å².